The Hall–Kier alpha value is -1.64. The van der Waals surface area contributed by atoms with Gasteiger partial charge in [-0.25, -0.2) is 13.2 Å². The quantitative estimate of drug-likeness (QED) is 0.803. The third-order valence-corrected chi connectivity index (χ3v) is 6.80. The monoisotopic (exact) mass is 367 g/mol. The average molecular weight is 367 g/mol. The number of fused-ring (bicyclic) bond motifs is 1. The molecule has 138 valence electrons. The standard InChI is InChI=1S/C17H25N3O4S/c1-18(2)11-9-13-6-4-5-10-20(13)25(22,23)14-7-8-16-15(12-14)19(3)17(21)24-16/h7-8,12-13H,4-6,9-11H2,1-3H3/t13-/m0/s1. The molecule has 25 heavy (non-hydrogen) atoms. The molecular formula is C17H25N3O4S. The van der Waals surface area contributed by atoms with Crippen molar-refractivity contribution in [1.82, 2.24) is 13.8 Å². The van der Waals surface area contributed by atoms with E-state index in [-0.39, 0.29) is 10.9 Å². The summed E-state index contributed by atoms with van der Waals surface area (Å²) in [4.78, 5) is 13.9. The van der Waals surface area contributed by atoms with Crippen LogP contribution >= 0.6 is 0 Å². The molecule has 0 saturated carbocycles. The van der Waals surface area contributed by atoms with E-state index in [0.29, 0.717) is 17.6 Å². The third-order valence-electron chi connectivity index (χ3n) is 4.85. The number of aromatic nitrogens is 1. The molecule has 2 aromatic rings. The summed E-state index contributed by atoms with van der Waals surface area (Å²) in [5.74, 6) is -0.494. The number of piperidine rings is 1. The lowest BCUT2D eigenvalue weighted by molar-refractivity contribution is 0.222. The highest BCUT2D eigenvalue weighted by atomic mass is 32.2. The van der Waals surface area contributed by atoms with Gasteiger partial charge in [-0.2, -0.15) is 4.31 Å². The van der Waals surface area contributed by atoms with Gasteiger partial charge in [0.25, 0.3) is 0 Å². The predicted molar refractivity (Wildman–Crippen MR) is 96.2 cm³/mol. The molecule has 1 atom stereocenters. The molecule has 1 aliphatic heterocycles. The molecule has 0 amide bonds. The molecule has 0 aliphatic carbocycles. The van der Waals surface area contributed by atoms with E-state index in [9.17, 15) is 13.2 Å². The van der Waals surface area contributed by atoms with E-state index in [4.69, 9.17) is 4.42 Å². The second kappa shape index (κ2) is 6.93. The zero-order chi connectivity index (χ0) is 18.2. The fourth-order valence-electron chi connectivity index (χ4n) is 3.39. The normalized spacial score (nSPS) is 19.8. The summed E-state index contributed by atoms with van der Waals surface area (Å²) in [6, 6.07) is 4.64. The van der Waals surface area contributed by atoms with Crippen LogP contribution in [0.1, 0.15) is 25.7 Å². The summed E-state index contributed by atoms with van der Waals surface area (Å²) in [5.41, 5.74) is 0.891. The van der Waals surface area contributed by atoms with Crippen molar-refractivity contribution < 1.29 is 12.8 Å². The summed E-state index contributed by atoms with van der Waals surface area (Å²) >= 11 is 0. The molecule has 1 aromatic heterocycles. The Kier molecular flexibility index (Phi) is 5.04. The van der Waals surface area contributed by atoms with Gasteiger partial charge in [-0.05, 0) is 58.1 Å². The van der Waals surface area contributed by atoms with Crippen molar-refractivity contribution in [2.45, 2.75) is 36.6 Å². The molecule has 0 bridgehead atoms. The highest BCUT2D eigenvalue weighted by Crippen LogP contribution is 2.28. The summed E-state index contributed by atoms with van der Waals surface area (Å²) in [6.45, 7) is 1.40. The minimum absolute atomic E-state index is 0.0185. The number of aryl methyl sites for hydroxylation is 1. The number of rotatable bonds is 5. The van der Waals surface area contributed by atoms with E-state index >= 15 is 0 Å². The summed E-state index contributed by atoms with van der Waals surface area (Å²) in [7, 11) is 1.96. The van der Waals surface area contributed by atoms with Crippen LogP contribution in [-0.2, 0) is 17.1 Å². The maximum atomic E-state index is 13.2. The molecule has 0 N–H and O–H groups in total. The summed E-state index contributed by atoms with van der Waals surface area (Å²) < 4.78 is 34.5. The predicted octanol–water partition coefficient (Wildman–Crippen LogP) is 1.63. The topological polar surface area (TPSA) is 75.8 Å². The fourth-order valence-corrected chi connectivity index (χ4v) is 5.13. The van der Waals surface area contributed by atoms with Crippen molar-refractivity contribution in [1.29, 1.82) is 0 Å². The number of sulfonamides is 1. The third kappa shape index (κ3) is 3.51. The molecule has 1 fully saturated rings. The van der Waals surface area contributed by atoms with Crippen molar-refractivity contribution in [3.63, 3.8) is 0 Å². The van der Waals surface area contributed by atoms with Gasteiger partial charge in [-0.3, -0.25) is 4.57 Å². The Labute approximate surface area is 147 Å². The fraction of sp³-hybridized carbons (Fsp3) is 0.588. The molecule has 0 unspecified atom stereocenters. The highest BCUT2D eigenvalue weighted by molar-refractivity contribution is 7.89. The minimum atomic E-state index is -3.60. The average Bonchev–Trinajstić information content (AvgIpc) is 2.87. The van der Waals surface area contributed by atoms with E-state index in [1.165, 1.54) is 16.7 Å². The molecule has 0 radical (unpaired) electrons. The number of oxazole rings is 1. The molecule has 8 heteroatoms. The van der Waals surface area contributed by atoms with Crippen molar-refractivity contribution in [3.05, 3.63) is 28.7 Å². The number of hydrogen-bond acceptors (Lipinski definition) is 5. The molecule has 1 aromatic carbocycles. The second-order valence-corrected chi connectivity index (χ2v) is 8.80. The highest BCUT2D eigenvalue weighted by Gasteiger charge is 2.33. The summed E-state index contributed by atoms with van der Waals surface area (Å²) in [6.07, 6.45) is 3.64. The lowest BCUT2D eigenvalue weighted by Gasteiger charge is -2.35. The van der Waals surface area contributed by atoms with Crippen LogP contribution in [0, 0.1) is 0 Å². The second-order valence-electron chi connectivity index (χ2n) is 6.91. The Morgan fingerprint density at radius 2 is 2.04 bits per heavy atom. The Morgan fingerprint density at radius 1 is 1.28 bits per heavy atom. The minimum Gasteiger partial charge on any atom is -0.408 e. The van der Waals surface area contributed by atoms with Crippen LogP contribution in [-0.4, -0.2) is 55.4 Å². The first-order valence-electron chi connectivity index (χ1n) is 8.57. The number of hydrogen-bond donors (Lipinski definition) is 0. The maximum Gasteiger partial charge on any atom is 0.419 e. The summed E-state index contributed by atoms with van der Waals surface area (Å²) in [5, 5.41) is 0. The zero-order valence-corrected chi connectivity index (χ0v) is 15.8. The van der Waals surface area contributed by atoms with Gasteiger partial charge in [0, 0.05) is 19.6 Å². The zero-order valence-electron chi connectivity index (χ0n) is 14.9. The van der Waals surface area contributed by atoms with Gasteiger partial charge >= 0.3 is 5.76 Å². The van der Waals surface area contributed by atoms with Gasteiger partial charge in [0.2, 0.25) is 10.0 Å². The van der Waals surface area contributed by atoms with Crippen LogP contribution < -0.4 is 5.76 Å². The van der Waals surface area contributed by atoms with Crippen LogP contribution in [0.15, 0.2) is 32.3 Å². The van der Waals surface area contributed by atoms with E-state index in [0.717, 1.165) is 32.2 Å². The van der Waals surface area contributed by atoms with Gasteiger partial charge in [0.15, 0.2) is 5.58 Å². The van der Waals surface area contributed by atoms with Gasteiger partial charge < -0.3 is 9.32 Å². The van der Waals surface area contributed by atoms with Crippen LogP contribution in [0.5, 0.6) is 0 Å². The maximum absolute atomic E-state index is 13.2. The SMILES string of the molecule is CN(C)CC[C@@H]1CCCCN1S(=O)(=O)c1ccc2oc(=O)n(C)c2c1. The molecule has 3 rings (SSSR count). The van der Waals surface area contributed by atoms with Crippen molar-refractivity contribution in [2.75, 3.05) is 27.2 Å². The van der Waals surface area contributed by atoms with Crippen LogP contribution in [0.25, 0.3) is 11.1 Å². The van der Waals surface area contributed by atoms with Crippen molar-refractivity contribution >= 4 is 21.1 Å². The van der Waals surface area contributed by atoms with E-state index in [2.05, 4.69) is 4.90 Å². The van der Waals surface area contributed by atoms with Gasteiger partial charge in [0.05, 0.1) is 10.4 Å². The Bertz CT molecular complexity index is 914. The lowest BCUT2D eigenvalue weighted by atomic mass is 10.0. The Balaban J connectivity index is 1.96. The van der Waals surface area contributed by atoms with Crippen LogP contribution in [0.2, 0.25) is 0 Å². The first-order chi connectivity index (χ1) is 11.8. The molecule has 7 nitrogen and oxygen atoms in total. The van der Waals surface area contributed by atoms with E-state index in [1.54, 1.807) is 17.4 Å². The first-order valence-corrected chi connectivity index (χ1v) is 10.0. The lowest BCUT2D eigenvalue weighted by Crippen LogP contribution is -2.44. The molecule has 1 saturated heterocycles. The largest absolute Gasteiger partial charge is 0.419 e. The van der Waals surface area contributed by atoms with Gasteiger partial charge in [-0.1, -0.05) is 6.42 Å². The van der Waals surface area contributed by atoms with Crippen molar-refractivity contribution in [3.8, 4) is 0 Å². The van der Waals surface area contributed by atoms with Gasteiger partial charge in [0.1, 0.15) is 0 Å². The number of benzene rings is 1. The van der Waals surface area contributed by atoms with Gasteiger partial charge in [-0.15, -0.1) is 0 Å². The molecule has 2 heterocycles. The number of nitrogens with zero attached hydrogens (tertiary/aromatic N) is 3. The van der Waals surface area contributed by atoms with Crippen LogP contribution in [0.4, 0.5) is 0 Å². The van der Waals surface area contributed by atoms with E-state index in [1.807, 2.05) is 14.1 Å². The Morgan fingerprint density at radius 3 is 2.76 bits per heavy atom. The van der Waals surface area contributed by atoms with Crippen LogP contribution in [0.3, 0.4) is 0 Å². The molecule has 0 spiro atoms. The molecule has 1 aliphatic rings. The smallest absolute Gasteiger partial charge is 0.408 e. The molecular weight excluding hydrogens is 342 g/mol. The van der Waals surface area contributed by atoms with E-state index < -0.39 is 15.8 Å². The van der Waals surface area contributed by atoms with Crippen molar-refractivity contribution in [2.24, 2.45) is 7.05 Å². The first kappa shape index (κ1) is 18.2.